The Bertz CT molecular complexity index is 1230. The van der Waals surface area contributed by atoms with E-state index in [-0.39, 0.29) is 6.04 Å². The van der Waals surface area contributed by atoms with Gasteiger partial charge in [0.15, 0.2) is 11.5 Å². The maximum Gasteiger partial charge on any atom is 0.162 e. The molecule has 32 heavy (non-hydrogen) atoms. The van der Waals surface area contributed by atoms with E-state index in [0.29, 0.717) is 24.1 Å². The molecule has 2 aromatic carbocycles. The minimum Gasteiger partial charge on any atom is -0.493 e. The standard InChI is InChI=1S/C25H27N5O2/c1-15(18-5-4-6-19(9-18)20-12-26-27-13-20)28-25-21-10-24(32-14-17-7-8-17)23(31-3)11-22(21)29-16(2)30-25/h4-6,9-13,15,17H,7-8,14H2,1-3H3,(H,26,27)(H,28,29,30)/t15-/m1/s1. The fourth-order valence-electron chi connectivity index (χ4n) is 3.81. The van der Waals surface area contributed by atoms with Gasteiger partial charge in [0.2, 0.25) is 0 Å². The number of anilines is 1. The summed E-state index contributed by atoms with van der Waals surface area (Å²) in [6, 6.07) is 12.4. The number of benzene rings is 2. The summed E-state index contributed by atoms with van der Waals surface area (Å²) in [5.41, 5.74) is 4.17. The molecule has 0 bridgehead atoms. The lowest BCUT2D eigenvalue weighted by Gasteiger charge is -2.19. The minimum absolute atomic E-state index is 0.0392. The second-order valence-corrected chi connectivity index (χ2v) is 8.37. The Kier molecular flexibility index (Phi) is 5.39. The van der Waals surface area contributed by atoms with Crippen molar-refractivity contribution in [3.63, 3.8) is 0 Å². The Labute approximate surface area is 187 Å². The van der Waals surface area contributed by atoms with E-state index in [4.69, 9.17) is 14.5 Å². The molecule has 0 amide bonds. The molecular formula is C25H27N5O2. The molecular weight excluding hydrogens is 402 g/mol. The SMILES string of the molecule is COc1cc2nc(C)nc(N[C@H](C)c3cccc(-c4cn[nH]c4)c3)c2cc1OCC1CC1. The molecule has 1 aliphatic carbocycles. The summed E-state index contributed by atoms with van der Waals surface area (Å²) in [5, 5.41) is 11.4. The number of fused-ring (bicyclic) bond motifs is 1. The van der Waals surface area contributed by atoms with Crippen LogP contribution in [0.5, 0.6) is 11.5 Å². The fourth-order valence-corrected chi connectivity index (χ4v) is 3.81. The van der Waals surface area contributed by atoms with Crippen molar-refractivity contribution in [2.75, 3.05) is 19.0 Å². The van der Waals surface area contributed by atoms with E-state index in [9.17, 15) is 0 Å². The number of aryl methyl sites for hydroxylation is 1. The number of rotatable bonds is 8. The Hall–Kier alpha value is -3.61. The predicted molar refractivity (Wildman–Crippen MR) is 125 cm³/mol. The Morgan fingerprint density at radius 3 is 2.75 bits per heavy atom. The number of hydrogen-bond donors (Lipinski definition) is 2. The van der Waals surface area contributed by atoms with Gasteiger partial charge in [-0.1, -0.05) is 18.2 Å². The van der Waals surface area contributed by atoms with Crippen LogP contribution in [0, 0.1) is 12.8 Å². The number of hydrogen-bond acceptors (Lipinski definition) is 6. The second-order valence-electron chi connectivity index (χ2n) is 8.37. The van der Waals surface area contributed by atoms with Gasteiger partial charge in [-0.05, 0) is 55.9 Å². The van der Waals surface area contributed by atoms with E-state index < -0.39 is 0 Å². The molecule has 0 spiro atoms. The molecule has 4 aromatic rings. The molecule has 7 nitrogen and oxygen atoms in total. The van der Waals surface area contributed by atoms with Crippen LogP contribution in [-0.4, -0.2) is 33.9 Å². The lowest BCUT2D eigenvalue weighted by atomic mass is 10.0. The molecule has 0 unspecified atom stereocenters. The van der Waals surface area contributed by atoms with E-state index in [2.05, 4.69) is 51.7 Å². The summed E-state index contributed by atoms with van der Waals surface area (Å²) in [4.78, 5) is 9.33. The molecule has 164 valence electrons. The zero-order chi connectivity index (χ0) is 22.1. The number of ether oxygens (including phenoxy) is 2. The highest BCUT2D eigenvalue weighted by atomic mass is 16.5. The van der Waals surface area contributed by atoms with Gasteiger partial charge in [-0.25, -0.2) is 9.97 Å². The monoisotopic (exact) mass is 429 g/mol. The van der Waals surface area contributed by atoms with Crippen LogP contribution in [0.3, 0.4) is 0 Å². The van der Waals surface area contributed by atoms with Gasteiger partial charge in [0.1, 0.15) is 11.6 Å². The van der Waals surface area contributed by atoms with Crippen LogP contribution in [0.15, 0.2) is 48.8 Å². The van der Waals surface area contributed by atoms with Gasteiger partial charge in [-0.3, -0.25) is 5.10 Å². The summed E-state index contributed by atoms with van der Waals surface area (Å²) >= 11 is 0. The first-order valence-electron chi connectivity index (χ1n) is 11.0. The van der Waals surface area contributed by atoms with Gasteiger partial charge in [0.25, 0.3) is 0 Å². The molecule has 2 N–H and O–H groups in total. The lowest BCUT2D eigenvalue weighted by Crippen LogP contribution is -2.10. The highest BCUT2D eigenvalue weighted by Gasteiger charge is 2.23. The molecule has 1 aliphatic rings. The van der Waals surface area contributed by atoms with Crippen molar-refractivity contribution in [1.29, 1.82) is 0 Å². The van der Waals surface area contributed by atoms with Crippen LogP contribution in [0.4, 0.5) is 5.82 Å². The van der Waals surface area contributed by atoms with Crippen LogP contribution < -0.4 is 14.8 Å². The fraction of sp³-hybridized carbons (Fsp3) is 0.320. The summed E-state index contributed by atoms with van der Waals surface area (Å²) in [5.74, 6) is 3.57. The maximum atomic E-state index is 6.07. The summed E-state index contributed by atoms with van der Waals surface area (Å²) in [6.07, 6.45) is 6.20. The highest BCUT2D eigenvalue weighted by molar-refractivity contribution is 5.92. The zero-order valence-corrected chi connectivity index (χ0v) is 18.6. The smallest absolute Gasteiger partial charge is 0.162 e. The molecule has 0 radical (unpaired) electrons. The number of methoxy groups -OCH3 is 1. The Morgan fingerprint density at radius 2 is 2.00 bits per heavy atom. The number of nitrogens with one attached hydrogen (secondary N) is 2. The third-order valence-corrected chi connectivity index (χ3v) is 5.84. The number of aromatic amines is 1. The van der Waals surface area contributed by atoms with Gasteiger partial charge in [0, 0.05) is 29.3 Å². The van der Waals surface area contributed by atoms with Crippen molar-refractivity contribution < 1.29 is 9.47 Å². The number of H-pyrrole nitrogens is 1. The van der Waals surface area contributed by atoms with E-state index in [1.807, 2.05) is 31.5 Å². The molecule has 2 heterocycles. The van der Waals surface area contributed by atoms with Crippen molar-refractivity contribution >= 4 is 16.7 Å². The summed E-state index contributed by atoms with van der Waals surface area (Å²) < 4.78 is 11.6. The topological polar surface area (TPSA) is 85.0 Å². The van der Waals surface area contributed by atoms with E-state index >= 15 is 0 Å². The predicted octanol–water partition coefficient (Wildman–Crippen LogP) is 5.30. The molecule has 1 saturated carbocycles. The molecule has 1 fully saturated rings. The average Bonchev–Trinajstić information content (AvgIpc) is 3.47. The van der Waals surface area contributed by atoms with Crippen LogP contribution >= 0.6 is 0 Å². The maximum absolute atomic E-state index is 6.07. The third kappa shape index (κ3) is 4.23. The van der Waals surface area contributed by atoms with Crippen LogP contribution in [0.2, 0.25) is 0 Å². The highest BCUT2D eigenvalue weighted by Crippen LogP contribution is 2.37. The lowest BCUT2D eigenvalue weighted by molar-refractivity contribution is 0.281. The first kappa shape index (κ1) is 20.3. The van der Waals surface area contributed by atoms with Gasteiger partial charge in [-0.15, -0.1) is 0 Å². The number of nitrogens with zero attached hydrogens (tertiary/aromatic N) is 3. The van der Waals surface area contributed by atoms with Crippen LogP contribution in [0.25, 0.3) is 22.0 Å². The van der Waals surface area contributed by atoms with E-state index in [0.717, 1.165) is 39.2 Å². The van der Waals surface area contributed by atoms with Gasteiger partial charge < -0.3 is 14.8 Å². The summed E-state index contributed by atoms with van der Waals surface area (Å²) in [7, 11) is 1.66. The van der Waals surface area contributed by atoms with E-state index in [1.165, 1.54) is 12.8 Å². The summed E-state index contributed by atoms with van der Waals surface area (Å²) in [6.45, 7) is 4.75. The largest absolute Gasteiger partial charge is 0.493 e. The van der Waals surface area contributed by atoms with E-state index in [1.54, 1.807) is 7.11 Å². The third-order valence-electron chi connectivity index (χ3n) is 5.84. The van der Waals surface area contributed by atoms with Gasteiger partial charge in [0.05, 0.1) is 25.4 Å². The quantitative estimate of drug-likeness (QED) is 0.395. The van der Waals surface area contributed by atoms with Crippen molar-refractivity contribution in [2.24, 2.45) is 5.92 Å². The number of aromatic nitrogens is 4. The second kappa shape index (κ2) is 8.49. The Morgan fingerprint density at radius 1 is 1.12 bits per heavy atom. The van der Waals surface area contributed by atoms with Crippen LogP contribution in [-0.2, 0) is 0 Å². The van der Waals surface area contributed by atoms with Crippen molar-refractivity contribution in [2.45, 2.75) is 32.7 Å². The molecule has 1 atom stereocenters. The first-order chi connectivity index (χ1) is 15.6. The van der Waals surface area contributed by atoms with Gasteiger partial charge >= 0.3 is 0 Å². The van der Waals surface area contributed by atoms with Gasteiger partial charge in [-0.2, -0.15) is 5.10 Å². The molecule has 0 aliphatic heterocycles. The zero-order valence-electron chi connectivity index (χ0n) is 18.6. The normalized spacial score (nSPS) is 14.3. The first-order valence-corrected chi connectivity index (χ1v) is 11.0. The molecule has 2 aromatic heterocycles. The van der Waals surface area contributed by atoms with Crippen LogP contribution in [0.1, 0.15) is 37.2 Å². The molecule has 7 heteroatoms. The van der Waals surface area contributed by atoms with Crippen molar-refractivity contribution in [3.05, 3.63) is 60.2 Å². The molecule has 5 rings (SSSR count). The van der Waals surface area contributed by atoms with Crippen molar-refractivity contribution in [3.8, 4) is 22.6 Å². The van der Waals surface area contributed by atoms with Crippen molar-refractivity contribution in [1.82, 2.24) is 20.2 Å². The molecule has 0 saturated heterocycles. The average molecular weight is 430 g/mol. The Balaban J connectivity index is 1.47. The minimum atomic E-state index is 0.0392.